The molecule has 0 bridgehead atoms. The molecule has 1 atom stereocenters. The van der Waals surface area contributed by atoms with Crippen LogP contribution in [0.4, 0.5) is 10.1 Å². The predicted molar refractivity (Wildman–Crippen MR) is 66.7 cm³/mol. The third-order valence-corrected chi connectivity index (χ3v) is 3.28. The number of aliphatic hydroxyl groups excluding tert-OH is 1. The summed E-state index contributed by atoms with van der Waals surface area (Å²) < 4.78 is 13.2. The summed E-state index contributed by atoms with van der Waals surface area (Å²) >= 11 is 0. The lowest BCUT2D eigenvalue weighted by Crippen LogP contribution is -2.44. The van der Waals surface area contributed by atoms with Crippen LogP contribution >= 0.6 is 0 Å². The molecule has 17 heavy (non-hydrogen) atoms. The first-order valence-electron chi connectivity index (χ1n) is 5.99. The molecule has 1 N–H and O–H groups in total. The maximum atomic E-state index is 13.2. The van der Waals surface area contributed by atoms with Crippen molar-refractivity contribution in [2.75, 3.05) is 38.1 Å². The Balaban J connectivity index is 2.25. The Morgan fingerprint density at radius 1 is 1.24 bits per heavy atom. The number of benzene rings is 1. The molecular weight excluding hydrogens is 219 g/mol. The van der Waals surface area contributed by atoms with Gasteiger partial charge in [-0.15, -0.1) is 0 Å². The van der Waals surface area contributed by atoms with Crippen molar-refractivity contribution in [2.45, 2.75) is 13.0 Å². The van der Waals surface area contributed by atoms with Gasteiger partial charge >= 0.3 is 0 Å². The summed E-state index contributed by atoms with van der Waals surface area (Å²) in [6.07, 6.45) is -0.639. The summed E-state index contributed by atoms with van der Waals surface area (Å²) in [7, 11) is 2.09. The monoisotopic (exact) mass is 238 g/mol. The van der Waals surface area contributed by atoms with Gasteiger partial charge in [0.25, 0.3) is 0 Å². The highest BCUT2D eigenvalue weighted by molar-refractivity contribution is 5.55. The van der Waals surface area contributed by atoms with Crippen LogP contribution in [0.1, 0.15) is 18.6 Å². The van der Waals surface area contributed by atoms with Crippen LogP contribution in [-0.4, -0.2) is 43.2 Å². The number of hydrogen-bond donors (Lipinski definition) is 1. The lowest BCUT2D eigenvalue weighted by molar-refractivity contribution is 0.198. The Bertz CT molecular complexity index is 387. The van der Waals surface area contributed by atoms with Gasteiger partial charge in [0, 0.05) is 37.4 Å². The van der Waals surface area contributed by atoms with Crippen molar-refractivity contribution < 1.29 is 9.50 Å². The van der Waals surface area contributed by atoms with E-state index in [9.17, 15) is 9.50 Å². The minimum absolute atomic E-state index is 0.293. The zero-order valence-electron chi connectivity index (χ0n) is 10.4. The molecule has 0 aliphatic carbocycles. The van der Waals surface area contributed by atoms with E-state index in [-0.39, 0.29) is 5.82 Å². The van der Waals surface area contributed by atoms with Gasteiger partial charge in [0.05, 0.1) is 6.10 Å². The van der Waals surface area contributed by atoms with Gasteiger partial charge < -0.3 is 14.9 Å². The number of anilines is 1. The van der Waals surface area contributed by atoms with Crippen LogP contribution in [0.2, 0.25) is 0 Å². The molecule has 1 fully saturated rings. The smallest absolute Gasteiger partial charge is 0.123 e. The highest BCUT2D eigenvalue weighted by Gasteiger charge is 2.19. The molecule has 1 saturated heterocycles. The third kappa shape index (κ3) is 2.76. The first-order chi connectivity index (χ1) is 8.08. The molecule has 0 aromatic heterocycles. The van der Waals surface area contributed by atoms with Gasteiger partial charge in [0.1, 0.15) is 5.82 Å². The van der Waals surface area contributed by atoms with Crippen LogP contribution < -0.4 is 4.90 Å². The maximum absolute atomic E-state index is 13.2. The number of halogens is 1. The molecule has 0 radical (unpaired) electrons. The zero-order valence-corrected chi connectivity index (χ0v) is 10.4. The summed E-state index contributed by atoms with van der Waals surface area (Å²) in [6, 6.07) is 4.65. The van der Waals surface area contributed by atoms with Gasteiger partial charge in [0.2, 0.25) is 0 Å². The first kappa shape index (κ1) is 12.3. The van der Waals surface area contributed by atoms with E-state index in [1.807, 2.05) is 0 Å². The molecule has 1 aliphatic rings. The van der Waals surface area contributed by atoms with Gasteiger partial charge in [-0.05, 0) is 32.2 Å². The van der Waals surface area contributed by atoms with Gasteiger partial charge in [-0.3, -0.25) is 0 Å². The highest BCUT2D eigenvalue weighted by Crippen LogP contribution is 2.27. The van der Waals surface area contributed by atoms with Gasteiger partial charge in [-0.2, -0.15) is 0 Å². The fraction of sp³-hybridized carbons (Fsp3) is 0.538. The van der Waals surface area contributed by atoms with E-state index >= 15 is 0 Å². The van der Waals surface area contributed by atoms with Crippen LogP contribution in [0.15, 0.2) is 18.2 Å². The number of aliphatic hydroxyl groups is 1. The largest absolute Gasteiger partial charge is 0.389 e. The lowest BCUT2D eigenvalue weighted by atomic mass is 10.1. The predicted octanol–water partition coefficient (Wildman–Crippen LogP) is 1.63. The normalized spacial score (nSPS) is 19.4. The summed E-state index contributed by atoms with van der Waals surface area (Å²) in [6.45, 7) is 5.51. The number of piperazine rings is 1. The van der Waals surface area contributed by atoms with Gasteiger partial charge in [-0.1, -0.05) is 0 Å². The molecule has 0 saturated carbocycles. The minimum Gasteiger partial charge on any atom is -0.389 e. The standard InChI is InChI=1S/C13H19FN2O/c1-10(17)12-9-11(14)3-4-13(12)16-7-5-15(2)6-8-16/h3-4,9-10,17H,5-8H2,1-2H3. The average molecular weight is 238 g/mol. The number of hydrogen-bond acceptors (Lipinski definition) is 3. The number of nitrogens with zero attached hydrogens (tertiary/aromatic N) is 2. The van der Waals surface area contributed by atoms with Gasteiger partial charge in [-0.25, -0.2) is 4.39 Å². The fourth-order valence-corrected chi connectivity index (χ4v) is 2.20. The van der Waals surface area contributed by atoms with E-state index in [2.05, 4.69) is 16.8 Å². The van der Waals surface area contributed by atoms with Crippen molar-refractivity contribution >= 4 is 5.69 Å². The first-order valence-corrected chi connectivity index (χ1v) is 5.99. The minimum atomic E-state index is -0.639. The third-order valence-electron chi connectivity index (χ3n) is 3.28. The van der Waals surface area contributed by atoms with Crippen molar-refractivity contribution in [2.24, 2.45) is 0 Å². The van der Waals surface area contributed by atoms with E-state index in [0.29, 0.717) is 5.56 Å². The van der Waals surface area contributed by atoms with Crippen molar-refractivity contribution in [3.63, 3.8) is 0 Å². The molecular formula is C13H19FN2O. The van der Waals surface area contributed by atoms with Gasteiger partial charge in [0.15, 0.2) is 0 Å². The second kappa shape index (κ2) is 5.02. The molecule has 94 valence electrons. The maximum Gasteiger partial charge on any atom is 0.123 e. The Kier molecular flexibility index (Phi) is 3.64. The molecule has 3 nitrogen and oxygen atoms in total. The van der Waals surface area contributed by atoms with E-state index < -0.39 is 6.10 Å². The molecule has 4 heteroatoms. The summed E-state index contributed by atoms with van der Waals surface area (Å²) in [5.74, 6) is -0.293. The Morgan fingerprint density at radius 3 is 2.47 bits per heavy atom. The molecule has 1 aromatic carbocycles. The SMILES string of the molecule is CC(O)c1cc(F)ccc1N1CCN(C)CC1. The quantitative estimate of drug-likeness (QED) is 0.848. The van der Waals surface area contributed by atoms with Crippen LogP contribution in [0.25, 0.3) is 0 Å². The van der Waals surface area contributed by atoms with Crippen LogP contribution in [0.3, 0.4) is 0 Å². The summed E-state index contributed by atoms with van der Waals surface area (Å²) in [4.78, 5) is 4.48. The van der Waals surface area contributed by atoms with Crippen molar-refractivity contribution in [3.8, 4) is 0 Å². The molecule has 0 amide bonds. The van der Waals surface area contributed by atoms with Crippen molar-refractivity contribution in [1.29, 1.82) is 0 Å². The second-order valence-corrected chi connectivity index (χ2v) is 4.67. The number of likely N-dealkylation sites (N-methyl/N-ethyl adjacent to an activating group) is 1. The molecule has 0 spiro atoms. The van der Waals surface area contributed by atoms with Crippen LogP contribution in [0, 0.1) is 5.82 Å². The van der Waals surface area contributed by atoms with E-state index in [0.717, 1.165) is 31.9 Å². The Morgan fingerprint density at radius 2 is 1.88 bits per heavy atom. The van der Waals surface area contributed by atoms with E-state index in [4.69, 9.17) is 0 Å². The molecule has 1 unspecified atom stereocenters. The number of rotatable bonds is 2. The van der Waals surface area contributed by atoms with Crippen molar-refractivity contribution in [1.82, 2.24) is 4.90 Å². The molecule has 1 aromatic rings. The molecule has 1 heterocycles. The average Bonchev–Trinajstić information content (AvgIpc) is 2.30. The zero-order chi connectivity index (χ0) is 12.4. The lowest BCUT2D eigenvalue weighted by Gasteiger charge is -2.35. The Hall–Kier alpha value is -1.13. The Labute approximate surface area is 101 Å². The van der Waals surface area contributed by atoms with Crippen LogP contribution in [-0.2, 0) is 0 Å². The highest BCUT2D eigenvalue weighted by atomic mass is 19.1. The van der Waals surface area contributed by atoms with E-state index in [1.165, 1.54) is 12.1 Å². The van der Waals surface area contributed by atoms with Crippen LogP contribution in [0.5, 0.6) is 0 Å². The summed E-state index contributed by atoms with van der Waals surface area (Å²) in [5, 5.41) is 9.71. The topological polar surface area (TPSA) is 26.7 Å². The molecule has 2 rings (SSSR count). The summed E-state index contributed by atoms with van der Waals surface area (Å²) in [5.41, 5.74) is 1.63. The van der Waals surface area contributed by atoms with Crippen molar-refractivity contribution in [3.05, 3.63) is 29.6 Å². The molecule has 1 aliphatic heterocycles. The van der Waals surface area contributed by atoms with E-state index in [1.54, 1.807) is 13.0 Å². The fourth-order valence-electron chi connectivity index (χ4n) is 2.20. The second-order valence-electron chi connectivity index (χ2n) is 4.67.